The molecule has 0 amide bonds. The highest BCUT2D eigenvalue weighted by Gasteiger charge is 2.25. The summed E-state index contributed by atoms with van der Waals surface area (Å²) < 4.78 is 45.1. The lowest BCUT2D eigenvalue weighted by molar-refractivity contribution is 0.0376. The van der Waals surface area contributed by atoms with E-state index < -0.39 is 15.9 Å². The lowest BCUT2D eigenvalue weighted by Crippen LogP contribution is -2.20. The van der Waals surface area contributed by atoms with Gasteiger partial charge in [-0.3, -0.25) is 0 Å². The van der Waals surface area contributed by atoms with Crippen molar-refractivity contribution in [1.29, 1.82) is 0 Å². The van der Waals surface area contributed by atoms with E-state index in [2.05, 4.69) is 14.9 Å². The Morgan fingerprint density at radius 2 is 1.58 bits per heavy atom. The summed E-state index contributed by atoms with van der Waals surface area (Å²) in [4.78, 5) is 12.3. The molecule has 1 aliphatic heterocycles. The van der Waals surface area contributed by atoms with Crippen LogP contribution in [0.4, 0.5) is 0 Å². The molecule has 10 heteroatoms. The third-order valence-electron chi connectivity index (χ3n) is 7.96. The molecule has 0 aliphatic carbocycles. The van der Waals surface area contributed by atoms with E-state index in [4.69, 9.17) is 14.2 Å². The van der Waals surface area contributed by atoms with Crippen LogP contribution in [-0.2, 0) is 27.7 Å². The van der Waals surface area contributed by atoms with E-state index in [9.17, 15) is 8.42 Å². The van der Waals surface area contributed by atoms with Crippen molar-refractivity contribution in [3.63, 3.8) is 0 Å². The Bertz CT molecular complexity index is 1980. The second kappa shape index (κ2) is 15.4. The fourth-order valence-corrected chi connectivity index (χ4v) is 7.35. The van der Waals surface area contributed by atoms with E-state index in [-0.39, 0.29) is 17.3 Å². The molecular formula is C38H37N3O5S2. The first-order valence-electron chi connectivity index (χ1n) is 15.6. The normalized spacial score (nSPS) is 13.6. The van der Waals surface area contributed by atoms with Gasteiger partial charge in [0.2, 0.25) is 15.0 Å². The fraction of sp³-hybridized carbons (Fsp3) is 0.211. The highest BCUT2D eigenvalue weighted by molar-refractivity contribution is 7.91. The Morgan fingerprint density at radius 1 is 0.833 bits per heavy atom. The van der Waals surface area contributed by atoms with Gasteiger partial charge < -0.3 is 19.1 Å². The molecule has 0 N–H and O–H groups in total. The first-order valence-corrected chi connectivity index (χ1v) is 18.1. The van der Waals surface area contributed by atoms with Crippen LogP contribution in [0.3, 0.4) is 0 Å². The maximum Gasteiger partial charge on any atom is 0.248 e. The van der Waals surface area contributed by atoms with Crippen molar-refractivity contribution in [3.05, 3.63) is 143 Å². The monoisotopic (exact) mass is 679 g/mol. The zero-order valence-electron chi connectivity index (χ0n) is 26.9. The number of methoxy groups -OCH3 is 2. The number of hydrogen-bond acceptors (Lipinski definition) is 9. The van der Waals surface area contributed by atoms with Crippen LogP contribution in [-0.4, -0.2) is 49.8 Å². The number of hydrogen-bond donors (Lipinski definition) is 0. The number of nitrogens with zero attached hydrogens (tertiary/aromatic N) is 3. The van der Waals surface area contributed by atoms with E-state index in [0.29, 0.717) is 42.6 Å². The molecule has 5 aromatic rings. The van der Waals surface area contributed by atoms with Crippen LogP contribution in [0.5, 0.6) is 11.5 Å². The van der Waals surface area contributed by atoms with Crippen LogP contribution >= 0.6 is 11.3 Å². The number of rotatable bonds is 14. The number of benzene rings is 3. The number of sulfone groups is 1. The van der Waals surface area contributed by atoms with Crippen LogP contribution in [0.25, 0.3) is 16.1 Å². The molecule has 3 aromatic carbocycles. The molecule has 48 heavy (non-hydrogen) atoms. The number of ether oxygens (including phenoxy) is 3. The molecule has 1 atom stereocenters. The second-order valence-corrected chi connectivity index (χ2v) is 14.3. The molecule has 0 spiro atoms. The minimum atomic E-state index is -3.89. The lowest BCUT2D eigenvalue weighted by Gasteiger charge is -2.24. The molecule has 1 aliphatic rings. The molecule has 246 valence electrons. The van der Waals surface area contributed by atoms with E-state index in [1.165, 1.54) is 11.3 Å². The Kier molecular flexibility index (Phi) is 10.6. The fourth-order valence-electron chi connectivity index (χ4n) is 5.48. The average Bonchev–Trinajstić information content (AvgIpc) is 3.68. The topological polar surface area (TPSA) is 90.9 Å². The quantitative estimate of drug-likeness (QED) is 0.110. The number of allylic oxidation sites excluding steroid dienone is 2. The summed E-state index contributed by atoms with van der Waals surface area (Å²) in [6.07, 6.45) is 5.87. The Labute approximate surface area is 285 Å². The first-order chi connectivity index (χ1) is 23.4. The third-order valence-corrected chi connectivity index (χ3v) is 10.4. The van der Waals surface area contributed by atoms with Crippen molar-refractivity contribution in [3.8, 4) is 22.1 Å². The largest absolute Gasteiger partial charge is 0.493 e. The molecule has 3 heterocycles. The maximum atomic E-state index is 14.0. The molecule has 8 nitrogen and oxygen atoms in total. The van der Waals surface area contributed by atoms with Gasteiger partial charge in [-0.2, -0.15) is 0 Å². The summed E-state index contributed by atoms with van der Waals surface area (Å²) in [5, 5.41) is 1.76. The minimum absolute atomic E-state index is 0.172. The molecular weight excluding hydrogens is 643 g/mol. The average molecular weight is 680 g/mol. The van der Waals surface area contributed by atoms with Crippen LogP contribution in [0.1, 0.15) is 34.9 Å². The van der Waals surface area contributed by atoms with Crippen LogP contribution in [0.15, 0.2) is 126 Å². The van der Waals surface area contributed by atoms with Crippen LogP contribution in [0, 0.1) is 0 Å². The van der Waals surface area contributed by atoms with E-state index in [0.717, 1.165) is 27.1 Å². The van der Waals surface area contributed by atoms with Crippen molar-refractivity contribution >= 4 is 26.7 Å². The number of thiophene rings is 1. The predicted molar refractivity (Wildman–Crippen MR) is 190 cm³/mol. The Morgan fingerprint density at radius 3 is 2.31 bits per heavy atom. The summed E-state index contributed by atoms with van der Waals surface area (Å²) in [7, 11) is -0.651. The van der Waals surface area contributed by atoms with Crippen molar-refractivity contribution in [2.24, 2.45) is 0 Å². The minimum Gasteiger partial charge on any atom is -0.493 e. The highest BCUT2D eigenvalue weighted by atomic mass is 32.2. The molecule has 2 aromatic heterocycles. The molecule has 6 rings (SSSR count). The van der Waals surface area contributed by atoms with E-state index in [1.807, 2.05) is 121 Å². The zero-order valence-corrected chi connectivity index (χ0v) is 28.5. The van der Waals surface area contributed by atoms with Gasteiger partial charge in [0, 0.05) is 24.9 Å². The van der Waals surface area contributed by atoms with E-state index >= 15 is 0 Å². The maximum absolute atomic E-state index is 14.0. The van der Waals surface area contributed by atoms with Gasteiger partial charge in [0.1, 0.15) is 0 Å². The second-order valence-electron chi connectivity index (χ2n) is 11.3. The molecule has 0 saturated carbocycles. The van der Waals surface area contributed by atoms with Crippen molar-refractivity contribution < 1.29 is 22.6 Å². The highest BCUT2D eigenvalue weighted by Crippen LogP contribution is 2.31. The predicted octanol–water partition coefficient (Wildman–Crippen LogP) is 7.76. The van der Waals surface area contributed by atoms with Crippen LogP contribution in [0.2, 0.25) is 0 Å². The molecule has 0 bridgehead atoms. The summed E-state index contributed by atoms with van der Waals surface area (Å²) in [5.74, 6) is 1.16. The van der Waals surface area contributed by atoms with Gasteiger partial charge >= 0.3 is 0 Å². The van der Waals surface area contributed by atoms with Gasteiger partial charge in [0.05, 0.1) is 48.9 Å². The summed E-state index contributed by atoms with van der Waals surface area (Å²) in [6, 6.07) is 31.2. The molecule has 1 unspecified atom stereocenters. The van der Waals surface area contributed by atoms with Crippen LogP contribution < -0.4 is 9.47 Å². The van der Waals surface area contributed by atoms with Crippen molar-refractivity contribution in [2.75, 3.05) is 26.5 Å². The van der Waals surface area contributed by atoms with Gasteiger partial charge in [-0.25, -0.2) is 18.4 Å². The summed E-state index contributed by atoms with van der Waals surface area (Å²) >= 11 is 1.50. The smallest absolute Gasteiger partial charge is 0.248 e. The SMILES string of the molecule is COc1ccc(CN2C=C(c3cc(-c4cccs4)nc(S(=O)(=O)CCC(OCc4ccccc4)c4ccccc4)n3)C=CC2)cc1OC. The molecule has 0 radical (unpaired) electrons. The third kappa shape index (κ3) is 8.20. The van der Waals surface area contributed by atoms with Crippen molar-refractivity contribution in [2.45, 2.75) is 30.8 Å². The van der Waals surface area contributed by atoms with Gasteiger partial charge in [0.15, 0.2) is 11.5 Å². The number of aromatic nitrogens is 2. The van der Waals surface area contributed by atoms with E-state index in [1.54, 1.807) is 14.2 Å². The summed E-state index contributed by atoms with van der Waals surface area (Å²) in [5.41, 5.74) is 4.90. The van der Waals surface area contributed by atoms with Crippen molar-refractivity contribution in [1.82, 2.24) is 14.9 Å². The van der Waals surface area contributed by atoms with Gasteiger partial charge in [-0.1, -0.05) is 84.9 Å². The Hall–Kier alpha value is -4.77. The molecule has 0 saturated heterocycles. The van der Waals surface area contributed by atoms with Gasteiger partial charge in [0.25, 0.3) is 0 Å². The zero-order chi connectivity index (χ0) is 33.3. The standard InChI is InChI=1S/C38H37N3O5S2/c1-44-35-18-17-29(23-36(35)45-2)25-41-20-9-15-31(26-41)32-24-33(37-16-10-21-47-37)40-38(39-32)48(42,43)22-19-34(30-13-7-4-8-14-30)46-27-28-11-5-3-6-12-28/h3-18,21,23-24,26,34H,19-20,22,25,27H2,1-2H3. The summed E-state index contributed by atoms with van der Waals surface area (Å²) in [6.45, 7) is 1.68. The lowest BCUT2D eigenvalue weighted by atomic mass is 10.1. The van der Waals surface area contributed by atoms with Gasteiger partial charge in [-0.15, -0.1) is 11.3 Å². The van der Waals surface area contributed by atoms with Gasteiger partial charge in [-0.05, 0) is 52.8 Å². The Balaban J connectivity index is 1.26. The molecule has 0 fully saturated rings. The first kappa shape index (κ1) is 33.1.